The molecule has 0 fully saturated rings. The zero-order valence-corrected chi connectivity index (χ0v) is 11.5. The van der Waals surface area contributed by atoms with Gasteiger partial charge >= 0.3 is 0 Å². The van der Waals surface area contributed by atoms with Crippen LogP contribution in [0.3, 0.4) is 0 Å². The first-order valence-corrected chi connectivity index (χ1v) is 6.32. The van der Waals surface area contributed by atoms with E-state index in [9.17, 15) is 0 Å². The number of nitrogens with zero attached hydrogens (tertiary/aromatic N) is 1. The summed E-state index contributed by atoms with van der Waals surface area (Å²) in [6.07, 6.45) is 1.99. The number of hydrogen-bond donors (Lipinski definition) is 0. The first kappa shape index (κ1) is 16.1. The number of aromatic nitrogens is 1. The Morgan fingerprint density at radius 2 is 1.88 bits per heavy atom. The maximum Gasteiger partial charge on any atom is 0.0700 e. The minimum absolute atomic E-state index is 0.669. The molecule has 1 aromatic rings. The molecule has 0 saturated carbocycles. The Balaban J connectivity index is 0.00000121. The number of methoxy groups -OCH3 is 1. The fraction of sp³-hybridized carbons (Fsp3) is 0.643. The molecular formula is C14H25NO2. The van der Waals surface area contributed by atoms with Gasteiger partial charge < -0.3 is 9.47 Å². The summed E-state index contributed by atoms with van der Waals surface area (Å²) in [5, 5.41) is 0. The highest BCUT2D eigenvalue weighted by molar-refractivity contribution is 5.09. The van der Waals surface area contributed by atoms with E-state index in [1.165, 1.54) is 0 Å². The summed E-state index contributed by atoms with van der Waals surface area (Å²) in [6.45, 7) is 8.14. The maximum atomic E-state index is 5.37. The molecule has 0 saturated heterocycles. The van der Waals surface area contributed by atoms with Crippen LogP contribution in [0.5, 0.6) is 0 Å². The summed E-state index contributed by atoms with van der Waals surface area (Å²) in [5.74, 6) is 0. The lowest BCUT2D eigenvalue weighted by molar-refractivity contribution is 0.0695. The zero-order chi connectivity index (χ0) is 12.9. The molecule has 0 spiro atoms. The Morgan fingerprint density at radius 3 is 2.53 bits per heavy atom. The molecule has 3 heteroatoms. The molecule has 0 unspecified atom stereocenters. The summed E-state index contributed by atoms with van der Waals surface area (Å²) >= 11 is 0. The molecule has 17 heavy (non-hydrogen) atoms. The lowest BCUT2D eigenvalue weighted by Crippen LogP contribution is -2.04. The van der Waals surface area contributed by atoms with Crippen molar-refractivity contribution in [3.8, 4) is 0 Å². The van der Waals surface area contributed by atoms with Crippen LogP contribution in [-0.2, 0) is 15.9 Å². The fourth-order valence-corrected chi connectivity index (χ4v) is 1.34. The number of hydrogen-bond acceptors (Lipinski definition) is 3. The van der Waals surface area contributed by atoms with E-state index >= 15 is 0 Å². The molecule has 0 aliphatic carbocycles. The summed E-state index contributed by atoms with van der Waals surface area (Å²) < 4.78 is 10.3. The maximum absolute atomic E-state index is 5.37. The van der Waals surface area contributed by atoms with Gasteiger partial charge in [0.1, 0.15) is 0 Å². The average molecular weight is 239 g/mol. The summed E-state index contributed by atoms with van der Waals surface area (Å²) in [4.78, 5) is 4.43. The van der Waals surface area contributed by atoms with Crippen molar-refractivity contribution < 1.29 is 9.47 Å². The minimum Gasteiger partial charge on any atom is -0.382 e. The molecule has 0 radical (unpaired) electrons. The third-order valence-corrected chi connectivity index (χ3v) is 2.10. The van der Waals surface area contributed by atoms with E-state index in [0.29, 0.717) is 13.2 Å². The first-order valence-electron chi connectivity index (χ1n) is 6.32. The van der Waals surface area contributed by atoms with Crippen LogP contribution in [0, 0.1) is 6.92 Å². The van der Waals surface area contributed by atoms with Crippen LogP contribution >= 0.6 is 0 Å². The summed E-state index contributed by atoms with van der Waals surface area (Å²) in [5.41, 5.74) is 2.22. The van der Waals surface area contributed by atoms with Gasteiger partial charge in [0.25, 0.3) is 0 Å². The second-order valence-corrected chi connectivity index (χ2v) is 3.48. The van der Waals surface area contributed by atoms with E-state index in [1.807, 2.05) is 32.9 Å². The highest BCUT2D eigenvalue weighted by Crippen LogP contribution is 2.01. The summed E-state index contributed by atoms with van der Waals surface area (Å²) in [6, 6.07) is 6.12. The largest absolute Gasteiger partial charge is 0.382 e. The molecule has 1 heterocycles. The molecule has 1 aromatic heterocycles. The number of rotatable bonds is 7. The predicted octanol–water partition coefficient (Wildman–Crippen LogP) is 3.01. The number of aryl methyl sites for hydroxylation is 2. The number of pyridine rings is 1. The van der Waals surface area contributed by atoms with Crippen molar-refractivity contribution in [3.63, 3.8) is 0 Å². The second-order valence-electron chi connectivity index (χ2n) is 3.48. The van der Waals surface area contributed by atoms with Gasteiger partial charge in [-0.1, -0.05) is 19.9 Å². The van der Waals surface area contributed by atoms with Crippen molar-refractivity contribution in [2.45, 2.75) is 33.6 Å². The van der Waals surface area contributed by atoms with Gasteiger partial charge in [0, 0.05) is 25.1 Å². The molecule has 3 nitrogen and oxygen atoms in total. The van der Waals surface area contributed by atoms with Crippen molar-refractivity contribution in [1.29, 1.82) is 0 Å². The van der Waals surface area contributed by atoms with Crippen molar-refractivity contribution >= 4 is 0 Å². The van der Waals surface area contributed by atoms with Gasteiger partial charge in [-0.2, -0.15) is 0 Å². The fourth-order valence-electron chi connectivity index (χ4n) is 1.34. The van der Waals surface area contributed by atoms with Gasteiger partial charge in [-0.25, -0.2) is 0 Å². The van der Waals surface area contributed by atoms with Gasteiger partial charge in [-0.15, -0.1) is 0 Å². The Morgan fingerprint density at radius 1 is 1.12 bits per heavy atom. The van der Waals surface area contributed by atoms with Crippen molar-refractivity contribution in [1.82, 2.24) is 4.98 Å². The van der Waals surface area contributed by atoms with Crippen LogP contribution in [0.2, 0.25) is 0 Å². The molecule has 0 aliphatic heterocycles. The topological polar surface area (TPSA) is 31.4 Å². The van der Waals surface area contributed by atoms with E-state index < -0.39 is 0 Å². The second kappa shape index (κ2) is 11.6. The molecular weight excluding hydrogens is 214 g/mol. The monoisotopic (exact) mass is 239 g/mol. The minimum atomic E-state index is 0.669. The Kier molecular flexibility index (Phi) is 10.9. The molecule has 1 rings (SSSR count). The van der Waals surface area contributed by atoms with Gasteiger partial charge in [0.15, 0.2) is 0 Å². The van der Waals surface area contributed by atoms with Crippen molar-refractivity contribution in [2.75, 3.05) is 26.9 Å². The number of ether oxygens (including phenoxy) is 2. The lowest BCUT2D eigenvalue weighted by atomic mass is 10.2. The van der Waals surface area contributed by atoms with E-state index in [-0.39, 0.29) is 0 Å². The molecule has 0 N–H and O–H groups in total. The van der Waals surface area contributed by atoms with Crippen LogP contribution in [-0.4, -0.2) is 31.9 Å². The summed E-state index contributed by atoms with van der Waals surface area (Å²) in [7, 11) is 1.68. The van der Waals surface area contributed by atoms with Crippen LogP contribution in [0.15, 0.2) is 18.2 Å². The molecule has 0 aromatic carbocycles. The van der Waals surface area contributed by atoms with Gasteiger partial charge in [-0.3, -0.25) is 4.98 Å². The smallest absolute Gasteiger partial charge is 0.0700 e. The highest BCUT2D eigenvalue weighted by Gasteiger charge is 1.95. The molecule has 0 bridgehead atoms. The highest BCUT2D eigenvalue weighted by atomic mass is 16.5. The first-order chi connectivity index (χ1) is 8.33. The molecule has 98 valence electrons. The van der Waals surface area contributed by atoms with Crippen LogP contribution in [0.4, 0.5) is 0 Å². The van der Waals surface area contributed by atoms with Gasteiger partial charge in [-0.05, 0) is 31.9 Å². The molecule has 0 atom stereocenters. The van der Waals surface area contributed by atoms with Gasteiger partial charge in [0.05, 0.1) is 13.2 Å². The standard InChI is InChI=1S/C12H19NO2.C2H6/c1-11-5-3-6-12(13-11)7-4-8-15-10-9-14-2;1-2/h3,5-6H,4,7-10H2,1-2H3;1-2H3. The van der Waals surface area contributed by atoms with Crippen LogP contribution in [0.1, 0.15) is 31.7 Å². The Labute approximate surface area is 105 Å². The third kappa shape index (κ3) is 8.83. The predicted molar refractivity (Wildman–Crippen MR) is 71.3 cm³/mol. The molecule has 0 aliphatic rings. The van der Waals surface area contributed by atoms with Crippen molar-refractivity contribution in [2.24, 2.45) is 0 Å². The third-order valence-electron chi connectivity index (χ3n) is 2.10. The van der Waals surface area contributed by atoms with E-state index in [4.69, 9.17) is 9.47 Å². The quantitative estimate of drug-likeness (QED) is 0.685. The average Bonchev–Trinajstić information content (AvgIpc) is 2.36. The Bertz CT molecular complexity index is 277. The van der Waals surface area contributed by atoms with E-state index in [1.54, 1.807) is 7.11 Å². The van der Waals surface area contributed by atoms with Crippen molar-refractivity contribution in [3.05, 3.63) is 29.6 Å². The SMILES string of the molecule is CC.COCCOCCCc1cccc(C)n1. The van der Waals surface area contributed by atoms with Crippen LogP contribution < -0.4 is 0 Å². The normalized spacial score (nSPS) is 9.65. The van der Waals surface area contributed by atoms with Crippen LogP contribution in [0.25, 0.3) is 0 Å². The zero-order valence-electron chi connectivity index (χ0n) is 11.5. The van der Waals surface area contributed by atoms with Gasteiger partial charge in [0.2, 0.25) is 0 Å². The Hall–Kier alpha value is -0.930. The van der Waals surface area contributed by atoms with E-state index in [0.717, 1.165) is 30.8 Å². The lowest BCUT2D eigenvalue weighted by Gasteiger charge is -2.03. The van der Waals surface area contributed by atoms with E-state index in [2.05, 4.69) is 11.1 Å². The molecule has 0 amide bonds.